The van der Waals surface area contributed by atoms with Gasteiger partial charge in [0.05, 0.1) is 0 Å². The summed E-state index contributed by atoms with van der Waals surface area (Å²) in [5.74, 6) is 6.92. The van der Waals surface area contributed by atoms with Crippen molar-refractivity contribution in [2.75, 3.05) is 0 Å². The van der Waals surface area contributed by atoms with Crippen molar-refractivity contribution in [3.8, 4) is 24.7 Å². The quantitative estimate of drug-likeness (QED) is 0.256. The minimum absolute atomic E-state index is 0.393. The summed E-state index contributed by atoms with van der Waals surface area (Å²) in [6, 6.07) is 0. The smallest absolute Gasteiger partial charge is 0.0231 e. The zero-order valence-electron chi connectivity index (χ0n) is 14.4. The molecule has 21 heavy (non-hydrogen) atoms. The first-order chi connectivity index (χ1) is 10.3. The van der Waals surface area contributed by atoms with Gasteiger partial charge in [-0.05, 0) is 31.6 Å². The van der Waals surface area contributed by atoms with Crippen molar-refractivity contribution in [1.82, 2.24) is 0 Å². The van der Waals surface area contributed by atoms with Crippen LogP contribution in [-0.2, 0) is 0 Å². The molecule has 119 valence electrons. The molecule has 0 aromatic rings. The molecule has 0 heteroatoms. The van der Waals surface area contributed by atoms with E-state index in [1.54, 1.807) is 0 Å². The Morgan fingerprint density at radius 1 is 0.905 bits per heavy atom. The Morgan fingerprint density at radius 3 is 2.29 bits per heavy atom. The van der Waals surface area contributed by atoms with E-state index in [1.807, 2.05) is 0 Å². The molecule has 0 fully saturated rings. The maximum Gasteiger partial charge on any atom is 0.0231 e. The Balaban J connectivity index is 3.69. The molecule has 0 spiro atoms. The number of hydrogen-bond donors (Lipinski definition) is 0. The van der Waals surface area contributed by atoms with Crippen molar-refractivity contribution >= 4 is 0 Å². The number of hydrogen-bond acceptors (Lipinski definition) is 0. The lowest BCUT2D eigenvalue weighted by atomic mass is 9.89. The highest BCUT2D eigenvalue weighted by atomic mass is 14.1. The fraction of sp³-hybridized carbons (Fsp3) is 0.762. The van der Waals surface area contributed by atoms with Crippen LogP contribution in [0.25, 0.3) is 0 Å². The van der Waals surface area contributed by atoms with Crippen LogP contribution in [0.3, 0.4) is 0 Å². The van der Waals surface area contributed by atoms with Crippen LogP contribution in [-0.4, -0.2) is 0 Å². The van der Waals surface area contributed by atoms with Crippen molar-refractivity contribution in [3.63, 3.8) is 0 Å². The van der Waals surface area contributed by atoms with Gasteiger partial charge in [-0.2, -0.15) is 0 Å². The molecule has 0 amide bonds. The topological polar surface area (TPSA) is 0 Å². The third kappa shape index (κ3) is 12.6. The molecular formula is C21H35. The van der Waals surface area contributed by atoms with E-state index in [0.717, 1.165) is 12.3 Å². The van der Waals surface area contributed by atoms with Crippen LogP contribution in [0.1, 0.15) is 90.9 Å². The molecule has 0 saturated heterocycles. The van der Waals surface area contributed by atoms with Gasteiger partial charge in [-0.3, -0.25) is 0 Å². The van der Waals surface area contributed by atoms with Gasteiger partial charge in [-0.1, -0.05) is 65.2 Å². The van der Waals surface area contributed by atoms with Crippen LogP contribution < -0.4 is 0 Å². The van der Waals surface area contributed by atoms with E-state index in [-0.39, 0.29) is 0 Å². The van der Waals surface area contributed by atoms with Crippen LogP contribution in [0.2, 0.25) is 0 Å². The van der Waals surface area contributed by atoms with Gasteiger partial charge < -0.3 is 0 Å². The minimum Gasteiger partial charge on any atom is -0.120 e. The monoisotopic (exact) mass is 287 g/mol. The summed E-state index contributed by atoms with van der Waals surface area (Å²) >= 11 is 0. The van der Waals surface area contributed by atoms with E-state index in [1.165, 1.54) is 70.6 Å². The minimum atomic E-state index is 0.393. The maximum atomic E-state index is 5.63. The summed E-state index contributed by atoms with van der Waals surface area (Å²) in [5.41, 5.74) is 0. The third-order valence-corrected chi connectivity index (χ3v) is 4.37. The summed E-state index contributed by atoms with van der Waals surface area (Å²) < 4.78 is 0. The van der Waals surface area contributed by atoms with E-state index in [2.05, 4.69) is 32.1 Å². The summed E-state index contributed by atoms with van der Waals surface area (Å²) in [7, 11) is 0. The zero-order valence-corrected chi connectivity index (χ0v) is 14.4. The van der Waals surface area contributed by atoms with Gasteiger partial charge in [0.15, 0.2) is 0 Å². The number of terminal acetylenes is 2. The summed E-state index contributed by atoms with van der Waals surface area (Å²) in [6.07, 6.45) is 28.2. The highest BCUT2D eigenvalue weighted by molar-refractivity contribution is 5.00. The van der Waals surface area contributed by atoms with E-state index >= 15 is 0 Å². The van der Waals surface area contributed by atoms with Gasteiger partial charge in [0, 0.05) is 12.3 Å². The van der Waals surface area contributed by atoms with Crippen molar-refractivity contribution in [1.29, 1.82) is 0 Å². The van der Waals surface area contributed by atoms with Crippen LogP contribution in [0.4, 0.5) is 0 Å². The molecule has 0 aliphatic carbocycles. The summed E-state index contributed by atoms with van der Waals surface area (Å²) in [6.45, 7) is 4.55. The highest BCUT2D eigenvalue weighted by Gasteiger charge is 2.09. The van der Waals surface area contributed by atoms with Gasteiger partial charge in [-0.15, -0.1) is 24.7 Å². The molecular weight excluding hydrogens is 252 g/mol. The molecule has 0 saturated carbocycles. The first kappa shape index (κ1) is 20.1. The molecule has 2 unspecified atom stereocenters. The molecule has 0 aromatic carbocycles. The van der Waals surface area contributed by atoms with Crippen LogP contribution in [0, 0.1) is 42.9 Å². The first-order valence-electron chi connectivity index (χ1n) is 9.01. The van der Waals surface area contributed by atoms with Crippen molar-refractivity contribution in [2.45, 2.75) is 90.9 Å². The standard InChI is InChI=1S/C21H35/c1-5-9-11-12-14-17-21(8-4)19-15-18-20(7-3)16-13-10-6-2/h1,3,18,20-21H,6,8-17,19H2,2,4H3. The van der Waals surface area contributed by atoms with Crippen molar-refractivity contribution < 1.29 is 0 Å². The van der Waals surface area contributed by atoms with E-state index in [4.69, 9.17) is 12.8 Å². The number of unbranched alkanes of at least 4 members (excludes halogenated alkanes) is 5. The van der Waals surface area contributed by atoms with Gasteiger partial charge >= 0.3 is 0 Å². The fourth-order valence-electron chi connectivity index (χ4n) is 2.81. The predicted octanol–water partition coefficient (Wildman–Crippen LogP) is 6.41. The van der Waals surface area contributed by atoms with Crippen molar-refractivity contribution in [2.24, 2.45) is 11.8 Å². The average Bonchev–Trinajstić information content (AvgIpc) is 2.51. The highest BCUT2D eigenvalue weighted by Crippen LogP contribution is 2.22. The first-order valence-corrected chi connectivity index (χ1v) is 9.01. The van der Waals surface area contributed by atoms with Gasteiger partial charge in [0.25, 0.3) is 0 Å². The van der Waals surface area contributed by atoms with E-state index in [9.17, 15) is 0 Å². The predicted molar refractivity (Wildman–Crippen MR) is 95.7 cm³/mol. The molecule has 0 aromatic heterocycles. The lowest BCUT2D eigenvalue weighted by molar-refractivity contribution is 0.407. The second-order valence-corrected chi connectivity index (χ2v) is 6.16. The molecule has 0 heterocycles. The Hall–Kier alpha value is -0.880. The average molecular weight is 288 g/mol. The number of rotatable bonds is 14. The molecule has 0 aliphatic rings. The Kier molecular flexibility index (Phi) is 14.9. The molecule has 0 rings (SSSR count). The lowest BCUT2D eigenvalue weighted by Crippen LogP contribution is -2.03. The van der Waals surface area contributed by atoms with Crippen LogP contribution in [0.5, 0.6) is 0 Å². The summed E-state index contributed by atoms with van der Waals surface area (Å²) in [4.78, 5) is 0. The van der Waals surface area contributed by atoms with Gasteiger partial charge in [0.2, 0.25) is 0 Å². The molecule has 1 radical (unpaired) electrons. The molecule has 0 bridgehead atoms. The Labute approximate surface area is 134 Å². The van der Waals surface area contributed by atoms with Gasteiger partial charge in [-0.25, -0.2) is 0 Å². The van der Waals surface area contributed by atoms with Crippen molar-refractivity contribution in [3.05, 3.63) is 6.42 Å². The third-order valence-electron chi connectivity index (χ3n) is 4.37. The molecule has 2 atom stereocenters. The lowest BCUT2D eigenvalue weighted by Gasteiger charge is -2.16. The maximum absolute atomic E-state index is 5.63. The molecule has 0 aliphatic heterocycles. The largest absolute Gasteiger partial charge is 0.120 e. The SMILES string of the molecule is C#CCCCCCC(CC)CC[CH]C(C#C)CCCCC. The second kappa shape index (κ2) is 15.5. The van der Waals surface area contributed by atoms with Crippen LogP contribution in [0.15, 0.2) is 0 Å². The second-order valence-electron chi connectivity index (χ2n) is 6.16. The van der Waals surface area contributed by atoms with E-state index < -0.39 is 0 Å². The molecule has 0 N–H and O–H groups in total. The molecule has 0 nitrogen and oxygen atoms in total. The Bertz CT molecular complexity index is 288. The summed E-state index contributed by atoms with van der Waals surface area (Å²) in [5, 5.41) is 0. The fourth-order valence-corrected chi connectivity index (χ4v) is 2.81. The zero-order chi connectivity index (χ0) is 15.8. The van der Waals surface area contributed by atoms with Gasteiger partial charge in [0.1, 0.15) is 0 Å². The van der Waals surface area contributed by atoms with Crippen LogP contribution >= 0.6 is 0 Å². The van der Waals surface area contributed by atoms with E-state index in [0.29, 0.717) is 5.92 Å². The Morgan fingerprint density at radius 2 is 1.67 bits per heavy atom. The normalized spacial score (nSPS) is 13.3.